The van der Waals surface area contributed by atoms with Gasteiger partial charge >= 0.3 is 0 Å². The summed E-state index contributed by atoms with van der Waals surface area (Å²) in [6.45, 7) is 8.87. The molecule has 3 rings (SSSR count). The fourth-order valence-electron chi connectivity index (χ4n) is 4.67. The number of nitriles is 1. The minimum absolute atomic E-state index is 0.374. The first-order valence-electron chi connectivity index (χ1n) is 11.9. The predicted octanol–water partition coefficient (Wildman–Crippen LogP) is 4.69. The number of nitrogens with zero attached hydrogens (tertiary/aromatic N) is 5. The van der Waals surface area contributed by atoms with Crippen molar-refractivity contribution >= 4 is 17.9 Å². The van der Waals surface area contributed by atoms with E-state index in [0.29, 0.717) is 35.5 Å². The first-order chi connectivity index (χ1) is 16.2. The van der Waals surface area contributed by atoms with Gasteiger partial charge in [-0.1, -0.05) is 18.6 Å². The Morgan fingerprint density at radius 3 is 2.44 bits per heavy atom. The number of hydrogen-bond donors (Lipinski definition) is 1. The molecule has 1 fully saturated rings. The van der Waals surface area contributed by atoms with Crippen LogP contribution < -0.4 is 9.80 Å². The lowest BCUT2D eigenvalue weighted by Gasteiger charge is -2.35. The molecule has 1 N–H and O–H groups in total. The van der Waals surface area contributed by atoms with Crippen LogP contribution in [0.2, 0.25) is 0 Å². The Balaban J connectivity index is 1.69. The SMILES string of the molecule is C/C=C\N(CC1CCCC(CN(C=O)c2cnc(C(C)(C)O)cn2)C1)c1cc(C#N)ccc1C. The summed E-state index contributed by atoms with van der Waals surface area (Å²) in [5, 5.41) is 19.4. The van der Waals surface area contributed by atoms with Gasteiger partial charge in [-0.15, -0.1) is 0 Å². The zero-order valence-corrected chi connectivity index (χ0v) is 20.6. The van der Waals surface area contributed by atoms with Crippen LogP contribution in [0.3, 0.4) is 0 Å². The molecule has 2 atom stereocenters. The summed E-state index contributed by atoms with van der Waals surface area (Å²) in [5.41, 5.74) is 2.27. The summed E-state index contributed by atoms with van der Waals surface area (Å²) in [4.78, 5) is 24.4. The first kappa shape index (κ1) is 25.4. The fourth-order valence-corrected chi connectivity index (χ4v) is 4.67. The van der Waals surface area contributed by atoms with Gasteiger partial charge in [0, 0.05) is 18.8 Å². The molecule has 2 aromatic rings. The second kappa shape index (κ2) is 11.3. The minimum Gasteiger partial charge on any atom is -0.384 e. The summed E-state index contributed by atoms with van der Waals surface area (Å²) in [5.74, 6) is 1.36. The molecule has 1 aromatic heterocycles. The number of rotatable bonds is 9. The van der Waals surface area contributed by atoms with Crippen LogP contribution >= 0.6 is 0 Å². The lowest BCUT2D eigenvalue weighted by molar-refractivity contribution is -0.107. The maximum absolute atomic E-state index is 11.9. The summed E-state index contributed by atoms with van der Waals surface area (Å²) < 4.78 is 0. The van der Waals surface area contributed by atoms with E-state index in [-0.39, 0.29) is 0 Å². The summed E-state index contributed by atoms with van der Waals surface area (Å²) in [6.07, 6.45) is 12.4. The highest BCUT2D eigenvalue weighted by Gasteiger charge is 2.26. The monoisotopic (exact) mass is 461 g/mol. The van der Waals surface area contributed by atoms with Crippen molar-refractivity contribution in [1.29, 1.82) is 5.26 Å². The minimum atomic E-state index is -1.07. The van der Waals surface area contributed by atoms with Crippen molar-refractivity contribution in [2.24, 2.45) is 11.8 Å². The Hall–Kier alpha value is -3.24. The fraction of sp³-hybridized carbons (Fsp3) is 0.481. The lowest BCUT2D eigenvalue weighted by Crippen LogP contribution is -2.35. The van der Waals surface area contributed by atoms with E-state index < -0.39 is 5.60 Å². The molecule has 7 nitrogen and oxygen atoms in total. The Labute approximate surface area is 202 Å². The molecule has 1 aromatic carbocycles. The number of allylic oxidation sites excluding steroid dienone is 1. The van der Waals surface area contributed by atoms with E-state index in [0.717, 1.165) is 49.9 Å². The predicted molar refractivity (Wildman–Crippen MR) is 134 cm³/mol. The number of aliphatic hydroxyl groups is 1. The lowest BCUT2D eigenvalue weighted by atomic mass is 9.80. The first-order valence-corrected chi connectivity index (χ1v) is 11.9. The van der Waals surface area contributed by atoms with Crippen molar-refractivity contribution in [3.63, 3.8) is 0 Å². The molecule has 0 spiro atoms. The van der Waals surface area contributed by atoms with Crippen molar-refractivity contribution < 1.29 is 9.90 Å². The molecule has 34 heavy (non-hydrogen) atoms. The van der Waals surface area contributed by atoms with Gasteiger partial charge < -0.3 is 10.0 Å². The second-order valence-corrected chi connectivity index (χ2v) is 9.72. The summed E-state index contributed by atoms with van der Waals surface area (Å²) in [6, 6.07) is 8.06. The third-order valence-corrected chi connectivity index (χ3v) is 6.46. The van der Waals surface area contributed by atoms with Crippen LogP contribution in [0.1, 0.15) is 63.3 Å². The molecule has 0 bridgehead atoms. The Bertz CT molecular complexity index is 1040. The number of carbonyl (C=O) groups is 1. The zero-order chi connectivity index (χ0) is 24.7. The topological polar surface area (TPSA) is 93.3 Å². The molecule has 0 saturated heterocycles. The quantitative estimate of drug-likeness (QED) is 0.545. The van der Waals surface area contributed by atoms with Gasteiger partial charge in [0.15, 0.2) is 5.82 Å². The van der Waals surface area contributed by atoms with E-state index in [1.165, 1.54) is 6.20 Å². The molecule has 1 saturated carbocycles. The van der Waals surface area contributed by atoms with Crippen LogP contribution in [0, 0.1) is 30.1 Å². The zero-order valence-electron chi connectivity index (χ0n) is 20.6. The molecule has 2 unspecified atom stereocenters. The number of amides is 1. The van der Waals surface area contributed by atoms with Crippen LogP contribution in [0.15, 0.2) is 42.9 Å². The van der Waals surface area contributed by atoms with Crippen molar-refractivity contribution in [3.05, 3.63) is 59.7 Å². The van der Waals surface area contributed by atoms with E-state index in [4.69, 9.17) is 0 Å². The van der Waals surface area contributed by atoms with Gasteiger partial charge in [0.25, 0.3) is 0 Å². The third-order valence-electron chi connectivity index (χ3n) is 6.46. The number of benzene rings is 1. The van der Waals surface area contributed by atoms with Crippen LogP contribution in [0.4, 0.5) is 11.5 Å². The van der Waals surface area contributed by atoms with Crippen LogP contribution in [0.25, 0.3) is 0 Å². The van der Waals surface area contributed by atoms with Crippen molar-refractivity contribution in [2.75, 3.05) is 22.9 Å². The molecule has 0 aliphatic heterocycles. The number of aromatic nitrogens is 2. The van der Waals surface area contributed by atoms with E-state index in [9.17, 15) is 15.2 Å². The Morgan fingerprint density at radius 2 is 1.88 bits per heavy atom. The number of anilines is 2. The highest BCUT2D eigenvalue weighted by atomic mass is 16.3. The summed E-state index contributed by atoms with van der Waals surface area (Å²) in [7, 11) is 0. The third kappa shape index (κ3) is 6.42. The van der Waals surface area contributed by atoms with Crippen molar-refractivity contribution in [1.82, 2.24) is 9.97 Å². The van der Waals surface area contributed by atoms with Crippen LogP contribution in [-0.2, 0) is 10.4 Å². The molecule has 1 heterocycles. The smallest absolute Gasteiger partial charge is 0.215 e. The van der Waals surface area contributed by atoms with Gasteiger partial charge in [-0.05, 0) is 82.7 Å². The van der Waals surface area contributed by atoms with E-state index in [1.54, 1.807) is 24.9 Å². The second-order valence-electron chi connectivity index (χ2n) is 9.72. The molecule has 1 aliphatic carbocycles. The van der Waals surface area contributed by atoms with Gasteiger partial charge in [0.05, 0.1) is 29.7 Å². The van der Waals surface area contributed by atoms with Gasteiger partial charge in [0.2, 0.25) is 6.41 Å². The Kier molecular flexibility index (Phi) is 8.41. The molecular formula is C27H35N5O2. The van der Waals surface area contributed by atoms with Crippen molar-refractivity contribution in [3.8, 4) is 6.07 Å². The Morgan fingerprint density at radius 1 is 1.18 bits per heavy atom. The van der Waals surface area contributed by atoms with E-state index in [1.807, 2.05) is 31.2 Å². The largest absolute Gasteiger partial charge is 0.384 e. The van der Waals surface area contributed by atoms with Crippen LogP contribution in [-0.4, -0.2) is 34.6 Å². The maximum Gasteiger partial charge on any atom is 0.215 e. The van der Waals surface area contributed by atoms with E-state index in [2.05, 4.69) is 34.1 Å². The van der Waals surface area contributed by atoms with E-state index >= 15 is 0 Å². The average Bonchev–Trinajstić information content (AvgIpc) is 2.82. The highest BCUT2D eigenvalue weighted by Crippen LogP contribution is 2.33. The average molecular weight is 462 g/mol. The molecule has 0 radical (unpaired) electrons. The summed E-state index contributed by atoms with van der Waals surface area (Å²) >= 11 is 0. The van der Waals surface area contributed by atoms with Gasteiger partial charge in [-0.3, -0.25) is 14.7 Å². The molecular weight excluding hydrogens is 426 g/mol. The molecule has 7 heteroatoms. The molecule has 1 amide bonds. The van der Waals surface area contributed by atoms with Gasteiger partial charge in [-0.2, -0.15) is 5.26 Å². The molecule has 180 valence electrons. The number of aryl methyl sites for hydroxylation is 1. The number of hydrogen-bond acceptors (Lipinski definition) is 6. The standard InChI is InChI=1S/C27H35N5O2/c1-5-11-31(24-13-21(14-28)10-9-20(24)2)17-22-7-6-8-23(12-22)18-32(19-33)26-16-29-25(15-30-26)27(3,4)34/h5,9-11,13,15-16,19,22-23,34H,6-8,12,17-18H2,1-4H3/b11-5-. The van der Waals surface area contributed by atoms with Crippen molar-refractivity contribution in [2.45, 2.75) is 59.0 Å². The highest BCUT2D eigenvalue weighted by molar-refractivity contribution is 5.72. The van der Waals surface area contributed by atoms with Gasteiger partial charge in [0.1, 0.15) is 5.60 Å². The maximum atomic E-state index is 11.9. The van der Waals surface area contributed by atoms with Gasteiger partial charge in [-0.25, -0.2) is 4.98 Å². The molecule has 1 aliphatic rings. The van der Waals surface area contributed by atoms with Crippen LogP contribution in [0.5, 0.6) is 0 Å². The number of carbonyl (C=O) groups excluding carboxylic acids is 1. The normalized spacial score (nSPS) is 18.5.